The Morgan fingerprint density at radius 3 is 2.82 bits per heavy atom. The maximum atomic E-state index is 12.1. The minimum Gasteiger partial charge on any atom is -0.479 e. The normalized spacial score (nSPS) is 11.9. The number of carbonyl (C=O) groups is 1. The van der Waals surface area contributed by atoms with Crippen molar-refractivity contribution in [3.05, 3.63) is 64.0 Å². The predicted molar refractivity (Wildman–Crippen MR) is 110 cm³/mol. The van der Waals surface area contributed by atoms with Crippen molar-refractivity contribution in [1.29, 1.82) is 0 Å². The van der Waals surface area contributed by atoms with E-state index in [4.69, 9.17) is 32.4 Å². The fourth-order valence-corrected chi connectivity index (χ4v) is 3.32. The Morgan fingerprint density at radius 2 is 2.07 bits per heavy atom. The van der Waals surface area contributed by atoms with Gasteiger partial charge in [0.1, 0.15) is 5.75 Å². The number of benzene rings is 2. The number of halogens is 2. The second-order valence-electron chi connectivity index (χ2n) is 5.95. The van der Waals surface area contributed by atoms with E-state index in [0.29, 0.717) is 15.8 Å². The Balaban J connectivity index is 1.54. The first-order chi connectivity index (χ1) is 13.4. The molecule has 1 atom stereocenters. The highest BCUT2D eigenvalue weighted by Crippen LogP contribution is 2.31. The first kappa shape index (κ1) is 20.5. The highest BCUT2D eigenvalue weighted by molar-refractivity contribution is 7.99. The summed E-state index contributed by atoms with van der Waals surface area (Å²) in [6, 6.07) is 12.5. The molecular weight excluding hydrogens is 421 g/mol. The molecule has 9 heteroatoms. The fraction of sp³-hybridized carbons (Fsp3) is 0.211. The van der Waals surface area contributed by atoms with Gasteiger partial charge in [-0.2, -0.15) is 0 Å². The van der Waals surface area contributed by atoms with E-state index in [1.165, 1.54) is 0 Å². The predicted octanol–water partition coefficient (Wildman–Crippen LogP) is 5.56. The summed E-state index contributed by atoms with van der Waals surface area (Å²) in [6.45, 7) is 3.72. The quantitative estimate of drug-likeness (QED) is 0.487. The molecule has 0 unspecified atom stereocenters. The number of amides is 1. The summed E-state index contributed by atoms with van der Waals surface area (Å²) in [6.07, 6.45) is -0.512. The number of nitrogens with one attached hydrogen (secondary N) is 1. The first-order valence-corrected chi connectivity index (χ1v) is 10.1. The van der Waals surface area contributed by atoms with Gasteiger partial charge >= 0.3 is 0 Å². The van der Waals surface area contributed by atoms with E-state index in [-0.39, 0.29) is 22.8 Å². The molecule has 0 spiro atoms. The molecule has 0 radical (unpaired) electrons. The van der Waals surface area contributed by atoms with E-state index >= 15 is 0 Å². The zero-order valence-electron chi connectivity index (χ0n) is 15.1. The third kappa shape index (κ3) is 5.64. The van der Waals surface area contributed by atoms with Crippen molar-refractivity contribution in [1.82, 2.24) is 10.2 Å². The van der Waals surface area contributed by atoms with Gasteiger partial charge in [0, 0.05) is 10.7 Å². The molecule has 1 amide bonds. The lowest BCUT2D eigenvalue weighted by atomic mass is 10.2. The molecule has 146 valence electrons. The molecule has 3 aromatic rings. The average molecular weight is 438 g/mol. The number of anilines is 1. The Bertz CT molecular complexity index is 981. The highest BCUT2D eigenvalue weighted by atomic mass is 35.5. The van der Waals surface area contributed by atoms with Gasteiger partial charge in [-0.25, -0.2) is 0 Å². The van der Waals surface area contributed by atoms with Crippen molar-refractivity contribution >= 4 is 46.6 Å². The molecule has 6 nitrogen and oxygen atoms in total. The van der Waals surface area contributed by atoms with E-state index in [0.717, 1.165) is 23.0 Å². The largest absolute Gasteiger partial charge is 0.479 e. The Morgan fingerprint density at radius 1 is 1.25 bits per heavy atom. The van der Waals surface area contributed by atoms with Gasteiger partial charge in [-0.1, -0.05) is 47.1 Å². The second-order valence-corrected chi connectivity index (χ2v) is 7.72. The van der Waals surface area contributed by atoms with Gasteiger partial charge in [0.05, 0.1) is 10.8 Å². The molecule has 28 heavy (non-hydrogen) atoms. The maximum Gasteiger partial charge on any atom is 0.277 e. The van der Waals surface area contributed by atoms with Gasteiger partial charge in [0.15, 0.2) is 6.10 Å². The van der Waals surface area contributed by atoms with Gasteiger partial charge < -0.3 is 14.5 Å². The number of nitrogens with zero attached hydrogens (tertiary/aromatic N) is 2. The van der Waals surface area contributed by atoms with Crippen molar-refractivity contribution in [2.24, 2.45) is 0 Å². The first-order valence-electron chi connectivity index (χ1n) is 8.35. The zero-order chi connectivity index (χ0) is 20.1. The van der Waals surface area contributed by atoms with Crippen LogP contribution in [0.4, 0.5) is 5.69 Å². The molecule has 0 saturated heterocycles. The van der Waals surface area contributed by atoms with Crippen LogP contribution in [0.25, 0.3) is 0 Å². The maximum absolute atomic E-state index is 12.1. The summed E-state index contributed by atoms with van der Waals surface area (Å²) in [4.78, 5) is 12.1. The number of ether oxygens (including phenoxy) is 1. The lowest BCUT2D eigenvalue weighted by Gasteiger charge is -2.12. The Labute approximate surface area is 176 Å². The van der Waals surface area contributed by atoms with Crippen LogP contribution in [0, 0.1) is 6.92 Å². The minimum atomic E-state index is -0.512. The molecule has 0 saturated carbocycles. The Kier molecular flexibility index (Phi) is 6.83. The number of hydrogen-bond donors (Lipinski definition) is 1. The molecule has 0 fully saturated rings. The molecule has 0 aliphatic rings. The summed E-state index contributed by atoms with van der Waals surface area (Å²) in [7, 11) is 0. The molecular formula is C19H17Cl2N3O3S. The van der Waals surface area contributed by atoms with E-state index in [1.807, 2.05) is 31.2 Å². The summed E-state index contributed by atoms with van der Waals surface area (Å²) >= 11 is 13.1. The molecule has 3 rings (SSSR count). The van der Waals surface area contributed by atoms with Crippen LogP contribution in [0.3, 0.4) is 0 Å². The van der Waals surface area contributed by atoms with Crippen molar-refractivity contribution < 1.29 is 13.9 Å². The number of carbonyl (C=O) groups excluding carboxylic acids is 1. The average Bonchev–Trinajstić information content (AvgIpc) is 3.11. The number of aryl methyl sites for hydroxylation is 1. The minimum absolute atomic E-state index is 0.147. The van der Waals surface area contributed by atoms with Crippen molar-refractivity contribution in [2.75, 3.05) is 11.1 Å². The molecule has 0 aliphatic heterocycles. The Hall–Kier alpha value is -2.22. The van der Waals surface area contributed by atoms with Crippen LogP contribution in [0.1, 0.15) is 24.5 Å². The molecule has 1 N–H and O–H groups in total. The van der Waals surface area contributed by atoms with Crippen LogP contribution < -0.4 is 10.1 Å². The summed E-state index contributed by atoms with van der Waals surface area (Å²) in [5.41, 5.74) is 1.82. The number of aromatic nitrogens is 2. The monoisotopic (exact) mass is 437 g/mol. The third-order valence-electron chi connectivity index (χ3n) is 3.60. The summed E-state index contributed by atoms with van der Waals surface area (Å²) in [5, 5.41) is 11.9. The summed E-state index contributed by atoms with van der Waals surface area (Å²) in [5.74, 6) is 0.733. The summed E-state index contributed by atoms with van der Waals surface area (Å²) < 4.78 is 11.3. The van der Waals surface area contributed by atoms with Crippen LogP contribution >= 0.6 is 35.0 Å². The van der Waals surface area contributed by atoms with Crippen LogP contribution in [0.5, 0.6) is 5.75 Å². The number of hydrogen-bond acceptors (Lipinski definition) is 6. The standard InChI is InChI=1S/C19H17Cl2N3O3S/c1-11-4-3-5-14(8-11)22-17(25)10-28-19-24-23-18(27-19)12(2)26-16-7-6-13(20)9-15(16)21/h3-9,12H,10H2,1-2H3,(H,22,25)/t12-/m1/s1. The molecule has 2 aromatic carbocycles. The third-order valence-corrected chi connectivity index (χ3v) is 4.95. The van der Waals surface area contributed by atoms with Gasteiger partial charge in [-0.05, 0) is 49.7 Å². The molecule has 1 aromatic heterocycles. The smallest absolute Gasteiger partial charge is 0.277 e. The van der Waals surface area contributed by atoms with Gasteiger partial charge in [0.2, 0.25) is 5.91 Å². The molecule has 1 heterocycles. The lowest BCUT2D eigenvalue weighted by molar-refractivity contribution is -0.113. The SMILES string of the molecule is Cc1cccc(NC(=O)CSc2nnc([C@@H](C)Oc3ccc(Cl)cc3Cl)o2)c1. The van der Waals surface area contributed by atoms with Crippen LogP contribution in [-0.2, 0) is 4.79 Å². The topological polar surface area (TPSA) is 77.2 Å². The van der Waals surface area contributed by atoms with E-state index < -0.39 is 6.10 Å². The van der Waals surface area contributed by atoms with Gasteiger partial charge in [-0.3, -0.25) is 4.79 Å². The van der Waals surface area contributed by atoms with E-state index in [9.17, 15) is 4.79 Å². The zero-order valence-corrected chi connectivity index (χ0v) is 17.4. The van der Waals surface area contributed by atoms with Crippen LogP contribution in [-0.4, -0.2) is 21.9 Å². The second kappa shape index (κ2) is 9.32. The number of rotatable bonds is 7. The lowest BCUT2D eigenvalue weighted by Crippen LogP contribution is -2.13. The van der Waals surface area contributed by atoms with E-state index in [2.05, 4.69) is 15.5 Å². The van der Waals surface area contributed by atoms with Crippen molar-refractivity contribution in [2.45, 2.75) is 25.2 Å². The van der Waals surface area contributed by atoms with Crippen molar-refractivity contribution in [3.8, 4) is 5.75 Å². The van der Waals surface area contributed by atoms with Gasteiger partial charge in [-0.15, -0.1) is 10.2 Å². The number of thioether (sulfide) groups is 1. The highest BCUT2D eigenvalue weighted by Gasteiger charge is 2.18. The van der Waals surface area contributed by atoms with Crippen LogP contribution in [0.15, 0.2) is 52.1 Å². The molecule has 0 bridgehead atoms. The molecule has 0 aliphatic carbocycles. The fourth-order valence-electron chi connectivity index (χ4n) is 2.30. The van der Waals surface area contributed by atoms with Crippen molar-refractivity contribution in [3.63, 3.8) is 0 Å². The van der Waals surface area contributed by atoms with Crippen LogP contribution in [0.2, 0.25) is 10.0 Å². The van der Waals surface area contributed by atoms with E-state index in [1.54, 1.807) is 25.1 Å². The van der Waals surface area contributed by atoms with Gasteiger partial charge in [0.25, 0.3) is 11.1 Å².